The first-order chi connectivity index (χ1) is 5.11. The van der Waals surface area contributed by atoms with E-state index in [1.807, 2.05) is 0 Å². The lowest BCUT2D eigenvalue weighted by atomic mass is 9.96. The number of hydrogen-bond acceptors (Lipinski definition) is 5. The third-order valence-corrected chi connectivity index (χ3v) is 2.11. The van der Waals surface area contributed by atoms with Gasteiger partial charge in [0.25, 0.3) is 0 Å². The van der Waals surface area contributed by atoms with E-state index < -0.39 is 6.04 Å². The Balaban J connectivity index is 2.44. The Morgan fingerprint density at radius 3 is 2.73 bits per heavy atom. The molecule has 1 N–H and O–H groups in total. The summed E-state index contributed by atoms with van der Waals surface area (Å²) in [5.41, 5.74) is 0. The summed E-state index contributed by atoms with van der Waals surface area (Å²) in [6, 6.07) is -0.403. The van der Waals surface area contributed by atoms with E-state index in [0.717, 1.165) is 5.06 Å². The van der Waals surface area contributed by atoms with E-state index in [-0.39, 0.29) is 11.1 Å². The lowest BCUT2D eigenvalue weighted by Crippen LogP contribution is -2.45. The van der Waals surface area contributed by atoms with Crippen molar-refractivity contribution in [3.63, 3.8) is 0 Å². The van der Waals surface area contributed by atoms with Gasteiger partial charge in [0, 0.05) is 6.04 Å². The average molecular weight is 160 g/mol. The lowest BCUT2D eigenvalue weighted by molar-refractivity contribution is -0.108. The molecule has 1 rings (SSSR count). The summed E-state index contributed by atoms with van der Waals surface area (Å²) in [5, 5.41) is 30.7. The molecule has 1 aliphatic rings. The predicted molar refractivity (Wildman–Crippen MR) is 39.5 cm³/mol. The summed E-state index contributed by atoms with van der Waals surface area (Å²) in [6.07, 6.45) is 0.449. The smallest absolute Gasteiger partial charge is 0.0266 e. The number of nitrogens with zero attached hydrogens (tertiary/aromatic N) is 2. The summed E-state index contributed by atoms with van der Waals surface area (Å²) in [7, 11) is 0. The Labute approximate surface area is 65.3 Å². The van der Waals surface area contributed by atoms with E-state index in [0.29, 0.717) is 19.5 Å². The molecule has 0 radical (unpaired) electrons. The van der Waals surface area contributed by atoms with Crippen LogP contribution in [0.1, 0.15) is 13.3 Å². The van der Waals surface area contributed by atoms with Gasteiger partial charge in [0.1, 0.15) is 0 Å². The van der Waals surface area contributed by atoms with Crippen molar-refractivity contribution in [2.45, 2.75) is 19.4 Å². The van der Waals surface area contributed by atoms with Crippen molar-refractivity contribution in [1.82, 2.24) is 10.3 Å². The molecular weight excluding hydrogens is 148 g/mol. The molecule has 0 spiro atoms. The molecule has 0 amide bonds. The molecule has 2 atom stereocenters. The highest BCUT2D eigenvalue weighted by Crippen LogP contribution is 2.19. The zero-order valence-corrected chi connectivity index (χ0v) is 6.43. The maximum atomic E-state index is 10.8. The number of hydroxylamine groups is 4. The van der Waals surface area contributed by atoms with Gasteiger partial charge in [0.15, 0.2) is 0 Å². The Hall–Kier alpha value is -0.200. The van der Waals surface area contributed by atoms with E-state index in [1.165, 1.54) is 0 Å². The second kappa shape index (κ2) is 3.46. The number of hydrogen-bond donors (Lipinski definition) is 1. The van der Waals surface area contributed by atoms with E-state index in [2.05, 4.69) is 0 Å². The summed E-state index contributed by atoms with van der Waals surface area (Å²) in [5.74, 6) is -0.0521. The topological polar surface area (TPSA) is 72.8 Å². The lowest BCUT2D eigenvalue weighted by Gasteiger charge is -2.45. The van der Waals surface area contributed by atoms with Crippen molar-refractivity contribution < 1.29 is 5.21 Å². The number of piperidine rings is 1. The largest absolute Gasteiger partial charge is 0.785 e. The van der Waals surface area contributed by atoms with E-state index in [1.54, 1.807) is 6.92 Å². The van der Waals surface area contributed by atoms with Crippen molar-refractivity contribution in [3.05, 3.63) is 10.4 Å². The van der Waals surface area contributed by atoms with Crippen LogP contribution >= 0.6 is 0 Å². The molecule has 0 bridgehead atoms. The first-order valence-electron chi connectivity index (χ1n) is 3.68. The number of rotatable bonds is 1. The Kier molecular flexibility index (Phi) is 2.80. The minimum Gasteiger partial charge on any atom is -0.785 e. The standard InChI is InChI=1S/C6H12N2O3/c1-5-4-7(9)3-2-6(5)8(10)11/h5-6,10H,2-4H2,1H3/q-2. The Morgan fingerprint density at radius 1 is 1.64 bits per heavy atom. The molecule has 2 unspecified atom stereocenters. The van der Waals surface area contributed by atoms with Crippen molar-refractivity contribution >= 4 is 0 Å². The van der Waals surface area contributed by atoms with Gasteiger partial charge in [0.05, 0.1) is 0 Å². The van der Waals surface area contributed by atoms with Crippen LogP contribution in [0.5, 0.6) is 0 Å². The molecule has 1 heterocycles. The Morgan fingerprint density at radius 2 is 2.27 bits per heavy atom. The molecule has 1 saturated heterocycles. The Bertz CT molecular complexity index is 131. The van der Waals surface area contributed by atoms with Crippen LogP contribution < -0.4 is 0 Å². The van der Waals surface area contributed by atoms with Crippen LogP contribution in [-0.4, -0.2) is 34.6 Å². The minimum absolute atomic E-state index is 0.0301. The average Bonchev–Trinajstić information content (AvgIpc) is 1.85. The van der Waals surface area contributed by atoms with Gasteiger partial charge < -0.3 is 20.7 Å². The van der Waals surface area contributed by atoms with Gasteiger partial charge in [-0.05, 0) is 25.4 Å². The van der Waals surface area contributed by atoms with E-state index >= 15 is 0 Å². The second-order valence-corrected chi connectivity index (χ2v) is 3.02. The van der Waals surface area contributed by atoms with Crippen LogP contribution in [0.15, 0.2) is 0 Å². The normalized spacial score (nSPS) is 34.6. The van der Waals surface area contributed by atoms with Crippen molar-refractivity contribution in [1.29, 1.82) is 0 Å². The highest BCUT2D eigenvalue weighted by Gasteiger charge is 2.22. The molecule has 0 aromatic rings. The molecule has 0 saturated carbocycles. The first-order valence-corrected chi connectivity index (χ1v) is 3.68. The van der Waals surface area contributed by atoms with Crippen LogP contribution in [0.3, 0.4) is 0 Å². The molecule has 66 valence electrons. The molecular formula is C6H12N2O3-2. The third kappa shape index (κ3) is 2.11. The maximum absolute atomic E-state index is 10.8. The van der Waals surface area contributed by atoms with Gasteiger partial charge in [-0.1, -0.05) is 6.92 Å². The third-order valence-electron chi connectivity index (χ3n) is 2.11. The van der Waals surface area contributed by atoms with Gasteiger partial charge in [0.2, 0.25) is 0 Å². The van der Waals surface area contributed by atoms with Crippen LogP contribution in [0.4, 0.5) is 0 Å². The van der Waals surface area contributed by atoms with Gasteiger partial charge in [-0.15, -0.1) is 0 Å². The van der Waals surface area contributed by atoms with Crippen LogP contribution in [-0.2, 0) is 0 Å². The molecule has 5 heteroatoms. The zero-order valence-electron chi connectivity index (χ0n) is 6.43. The van der Waals surface area contributed by atoms with Gasteiger partial charge in [-0.25, -0.2) is 0 Å². The highest BCUT2D eigenvalue weighted by molar-refractivity contribution is 4.82. The minimum atomic E-state index is -0.403. The fourth-order valence-electron chi connectivity index (χ4n) is 1.42. The van der Waals surface area contributed by atoms with Crippen molar-refractivity contribution in [2.75, 3.05) is 13.1 Å². The molecule has 11 heavy (non-hydrogen) atoms. The van der Waals surface area contributed by atoms with Crippen molar-refractivity contribution in [2.24, 2.45) is 5.92 Å². The molecule has 1 aliphatic heterocycles. The molecule has 0 aromatic heterocycles. The zero-order chi connectivity index (χ0) is 8.43. The molecule has 1 fully saturated rings. The quantitative estimate of drug-likeness (QED) is 0.561. The van der Waals surface area contributed by atoms with Crippen molar-refractivity contribution in [3.8, 4) is 0 Å². The monoisotopic (exact) mass is 160 g/mol. The second-order valence-electron chi connectivity index (χ2n) is 3.02. The van der Waals surface area contributed by atoms with Crippen LogP contribution in [0.25, 0.3) is 0 Å². The first kappa shape index (κ1) is 8.89. The fraction of sp³-hybridized carbons (Fsp3) is 1.00. The summed E-state index contributed by atoms with van der Waals surface area (Å²) >= 11 is 0. The van der Waals surface area contributed by atoms with Gasteiger partial charge in [-0.2, -0.15) is 0 Å². The summed E-state index contributed by atoms with van der Waals surface area (Å²) in [4.78, 5) is 0. The van der Waals surface area contributed by atoms with E-state index in [9.17, 15) is 10.4 Å². The summed E-state index contributed by atoms with van der Waals surface area (Å²) < 4.78 is 0. The SMILES string of the molecule is CC1CN([O-])CCC1N([O-])O. The maximum Gasteiger partial charge on any atom is 0.0266 e. The van der Waals surface area contributed by atoms with Gasteiger partial charge in [-0.3, -0.25) is 5.23 Å². The van der Waals surface area contributed by atoms with Crippen LogP contribution in [0, 0.1) is 16.3 Å². The predicted octanol–water partition coefficient (Wildman–Crippen LogP) is 0.384. The fourth-order valence-corrected chi connectivity index (χ4v) is 1.42. The highest BCUT2D eigenvalue weighted by atomic mass is 16.8. The van der Waals surface area contributed by atoms with Gasteiger partial charge >= 0.3 is 0 Å². The van der Waals surface area contributed by atoms with Crippen LogP contribution in [0.2, 0.25) is 0 Å². The molecule has 0 aromatic carbocycles. The summed E-state index contributed by atoms with van der Waals surface area (Å²) in [6.45, 7) is 2.47. The molecule has 0 aliphatic carbocycles. The molecule has 5 nitrogen and oxygen atoms in total. The van der Waals surface area contributed by atoms with E-state index in [4.69, 9.17) is 5.21 Å².